The molecule has 1 aromatic rings. The summed E-state index contributed by atoms with van der Waals surface area (Å²) in [5.74, 6) is -1.07. The predicted octanol–water partition coefficient (Wildman–Crippen LogP) is 0.482. The van der Waals surface area contributed by atoms with E-state index in [4.69, 9.17) is 9.94 Å². The lowest BCUT2D eigenvalue weighted by atomic mass is 10.1. The number of carbonyl (C=O) groups is 3. The van der Waals surface area contributed by atoms with Gasteiger partial charge in [-0.1, -0.05) is 12.1 Å². The van der Waals surface area contributed by atoms with Crippen LogP contribution in [0.1, 0.15) is 20.7 Å². The largest absolute Gasteiger partial charge is 0.465 e. The van der Waals surface area contributed by atoms with Crippen molar-refractivity contribution in [3.8, 4) is 0 Å². The van der Waals surface area contributed by atoms with E-state index >= 15 is 0 Å². The molecule has 0 fully saturated rings. The van der Waals surface area contributed by atoms with Gasteiger partial charge in [0.05, 0.1) is 17.7 Å². The molecule has 0 atom stereocenters. The van der Waals surface area contributed by atoms with Gasteiger partial charge in [0.2, 0.25) is 0 Å². The van der Waals surface area contributed by atoms with Gasteiger partial charge in [-0.25, -0.2) is 4.79 Å². The van der Waals surface area contributed by atoms with E-state index in [0.717, 1.165) is 0 Å². The van der Waals surface area contributed by atoms with Gasteiger partial charge in [0.1, 0.15) is 0 Å². The number of imide groups is 1. The minimum Gasteiger partial charge on any atom is -0.465 e. The molecule has 18 heavy (non-hydrogen) atoms. The molecule has 1 aliphatic heterocycles. The minimum absolute atomic E-state index is 0.0112. The number of carbonyl (C=O) groups excluding carboxylic acids is 2. The summed E-state index contributed by atoms with van der Waals surface area (Å²) in [6.45, 7) is -0.111. The Kier molecular flexibility index (Phi) is 3.24. The molecule has 1 heterocycles. The second-order valence-electron chi connectivity index (χ2n) is 3.52. The van der Waals surface area contributed by atoms with Crippen molar-refractivity contribution in [3.63, 3.8) is 0 Å². The number of rotatable bonds is 4. The van der Waals surface area contributed by atoms with Crippen molar-refractivity contribution in [2.24, 2.45) is 0 Å². The average Bonchev–Trinajstić information content (AvgIpc) is 2.59. The fourth-order valence-corrected chi connectivity index (χ4v) is 1.58. The van der Waals surface area contributed by atoms with Crippen LogP contribution in [-0.4, -0.2) is 41.2 Å². The number of hydroxylamine groups is 2. The predicted molar refractivity (Wildman–Crippen MR) is 58.9 cm³/mol. The van der Waals surface area contributed by atoms with E-state index in [9.17, 15) is 14.4 Å². The summed E-state index contributed by atoms with van der Waals surface area (Å²) in [5, 5.41) is 11.0. The molecule has 0 unspecified atom stereocenters. The Morgan fingerprint density at radius 2 is 1.78 bits per heavy atom. The van der Waals surface area contributed by atoms with Gasteiger partial charge in [-0.15, -0.1) is 5.06 Å². The van der Waals surface area contributed by atoms with Crippen LogP contribution in [0.15, 0.2) is 24.3 Å². The van der Waals surface area contributed by atoms with Gasteiger partial charge in [-0.3, -0.25) is 14.4 Å². The van der Waals surface area contributed by atoms with Crippen molar-refractivity contribution in [1.82, 2.24) is 10.4 Å². The summed E-state index contributed by atoms with van der Waals surface area (Å²) in [6.07, 6.45) is -1.19. The van der Waals surface area contributed by atoms with Crippen molar-refractivity contribution in [2.75, 3.05) is 13.2 Å². The maximum atomic E-state index is 11.8. The molecule has 94 valence electrons. The first kappa shape index (κ1) is 12.1. The Hall–Kier alpha value is -2.41. The zero-order valence-electron chi connectivity index (χ0n) is 9.25. The van der Waals surface area contributed by atoms with Crippen molar-refractivity contribution >= 4 is 17.9 Å². The van der Waals surface area contributed by atoms with E-state index in [2.05, 4.69) is 5.32 Å². The zero-order valence-corrected chi connectivity index (χ0v) is 9.25. The lowest BCUT2D eigenvalue weighted by Crippen LogP contribution is -2.34. The summed E-state index contributed by atoms with van der Waals surface area (Å²) in [4.78, 5) is 38.7. The normalized spacial score (nSPS) is 13.7. The van der Waals surface area contributed by atoms with E-state index < -0.39 is 17.9 Å². The molecule has 0 saturated heterocycles. The molecule has 0 aromatic heterocycles. The molecule has 2 N–H and O–H groups in total. The van der Waals surface area contributed by atoms with Crippen molar-refractivity contribution < 1.29 is 24.3 Å². The number of carboxylic acid groups (broad SMARTS) is 1. The maximum Gasteiger partial charge on any atom is 0.404 e. The molecule has 0 saturated carbocycles. The lowest BCUT2D eigenvalue weighted by molar-refractivity contribution is -0.0893. The molecule has 7 heteroatoms. The van der Waals surface area contributed by atoms with Crippen molar-refractivity contribution in [3.05, 3.63) is 35.4 Å². The van der Waals surface area contributed by atoms with Gasteiger partial charge in [-0.05, 0) is 12.1 Å². The topological polar surface area (TPSA) is 95.9 Å². The summed E-state index contributed by atoms with van der Waals surface area (Å²) in [7, 11) is 0. The second kappa shape index (κ2) is 4.84. The van der Waals surface area contributed by atoms with Gasteiger partial charge in [-0.2, -0.15) is 0 Å². The molecular formula is C11H10N2O5. The average molecular weight is 250 g/mol. The first-order valence-corrected chi connectivity index (χ1v) is 5.19. The summed E-state index contributed by atoms with van der Waals surface area (Å²) in [6, 6.07) is 6.38. The quantitative estimate of drug-likeness (QED) is 0.598. The summed E-state index contributed by atoms with van der Waals surface area (Å²) >= 11 is 0. The van der Waals surface area contributed by atoms with Crippen molar-refractivity contribution in [1.29, 1.82) is 0 Å². The maximum absolute atomic E-state index is 11.8. The van der Waals surface area contributed by atoms with Crippen LogP contribution in [-0.2, 0) is 4.84 Å². The Morgan fingerprint density at radius 3 is 2.28 bits per heavy atom. The van der Waals surface area contributed by atoms with Crippen LogP contribution in [0.2, 0.25) is 0 Å². The number of hydrogen-bond acceptors (Lipinski definition) is 4. The third-order valence-corrected chi connectivity index (χ3v) is 2.36. The third kappa shape index (κ3) is 2.16. The van der Waals surface area contributed by atoms with Crippen LogP contribution in [0.3, 0.4) is 0 Å². The van der Waals surface area contributed by atoms with Crippen LogP contribution in [0.4, 0.5) is 4.79 Å². The molecule has 0 radical (unpaired) electrons. The summed E-state index contributed by atoms with van der Waals surface area (Å²) < 4.78 is 0. The van der Waals surface area contributed by atoms with E-state index in [1.54, 1.807) is 12.1 Å². The second-order valence-corrected chi connectivity index (χ2v) is 3.52. The van der Waals surface area contributed by atoms with Crippen LogP contribution < -0.4 is 5.32 Å². The van der Waals surface area contributed by atoms with Crippen LogP contribution >= 0.6 is 0 Å². The highest BCUT2D eigenvalue weighted by Gasteiger charge is 2.36. The van der Waals surface area contributed by atoms with Gasteiger partial charge in [0.25, 0.3) is 11.8 Å². The molecule has 2 rings (SSSR count). The third-order valence-electron chi connectivity index (χ3n) is 2.36. The molecule has 7 nitrogen and oxygen atoms in total. The fourth-order valence-electron chi connectivity index (χ4n) is 1.58. The number of nitrogens with one attached hydrogen (secondary N) is 1. The Morgan fingerprint density at radius 1 is 1.22 bits per heavy atom. The highest BCUT2D eigenvalue weighted by Crippen LogP contribution is 2.22. The van der Waals surface area contributed by atoms with Gasteiger partial charge < -0.3 is 10.4 Å². The Balaban J connectivity index is 1.99. The fraction of sp³-hybridized carbons (Fsp3) is 0.182. The van der Waals surface area contributed by atoms with E-state index in [0.29, 0.717) is 5.06 Å². The number of benzene rings is 1. The minimum atomic E-state index is -1.19. The van der Waals surface area contributed by atoms with Gasteiger partial charge >= 0.3 is 6.09 Å². The molecule has 1 aliphatic rings. The van der Waals surface area contributed by atoms with E-state index in [1.807, 2.05) is 0 Å². The highest BCUT2D eigenvalue weighted by molar-refractivity contribution is 6.20. The van der Waals surface area contributed by atoms with E-state index in [1.165, 1.54) is 12.1 Å². The lowest BCUT2D eigenvalue weighted by Gasteiger charge is -2.12. The van der Waals surface area contributed by atoms with Gasteiger partial charge in [0, 0.05) is 6.54 Å². The number of amides is 3. The van der Waals surface area contributed by atoms with Gasteiger partial charge in [0.15, 0.2) is 0 Å². The number of hydrogen-bond donors (Lipinski definition) is 2. The smallest absolute Gasteiger partial charge is 0.404 e. The zero-order chi connectivity index (χ0) is 13.1. The van der Waals surface area contributed by atoms with Crippen LogP contribution in [0, 0.1) is 0 Å². The molecular weight excluding hydrogens is 240 g/mol. The molecule has 0 aliphatic carbocycles. The highest BCUT2D eigenvalue weighted by atomic mass is 16.7. The monoisotopic (exact) mass is 250 g/mol. The Bertz CT molecular complexity index is 479. The van der Waals surface area contributed by atoms with E-state index in [-0.39, 0.29) is 24.3 Å². The molecule has 0 bridgehead atoms. The number of fused-ring (bicyclic) bond motifs is 1. The first-order chi connectivity index (χ1) is 8.61. The molecule has 3 amide bonds. The Labute approximate surface area is 102 Å². The summed E-state index contributed by atoms with van der Waals surface area (Å²) in [5.41, 5.74) is 0.572. The van der Waals surface area contributed by atoms with Crippen LogP contribution in [0.5, 0.6) is 0 Å². The SMILES string of the molecule is O=C(O)NCCON1C(=O)c2ccccc2C1=O. The van der Waals surface area contributed by atoms with Crippen molar-refractivity contribution in [2.45, 2.75) is 0 Å². The molecule has 1 aromatic carbocycles. The standard InChI is InChI=1S/C11H10N2O5/c14-9-7-3-1-2-4-8(7)10(15)13(9)18-6-5-12-11(16)17/h1-4,12H,5-6H2,(H,16,17). The van der Waals surface area contributed by atoms with Crippen LogP contribution in [0.25, 0.3) is 0 Å². The number of nitrogens with zero attached hydrogens (tertiary/aromatic N) is 1. The first-order valence-electron chi connectivity index (χ1n) is 5.19. The molecule has 0 spiro atoms.